The van der Waals surface area contributed by atoms with Crippen LogP contribution in [0.4, 0.5) is 0 Å². The van der Waals surface area contributed by atoms with E-state index in [1.54, 1.807) is 12.1 Å². The van der Waals surface area contributed by atoms with Gasteiger partial charge < -0.3 is 14.4 Å². The molecule has 0 aliphatic carbocycles. The Hall–Kier alpha value is -2.56. The Balaban J connectivity index is 1.89. The van der Waals surface area contributed by atoms with Gasteiger partial charge in [-0.05, 0) is 30.5 Å². The van der Waals surface area contributed by atoms with Gasteiger partial charge in [0.25, 0.3) is 5.56 Å². The molecule has 1 aromatic heterocycles. The van der Waals surface area contributed by atoms with Gasteiger partial charge in [-0.3, -0.25) is 9.59 Å². The van der Waals surface area contributed by atoms with Crippen LogP contribution in [0.2, 0.25) is 0 Å². The molecule has 0 unspecified atom stereocenters. The number of hydrogen-bond acceptors (Lipinski definition) is 3. The first kappa shape index (κ1) is 14.8. The minimum Gasteiger partial charge on any atom is -0.488 e. The van der Waals surface area contributed by atoms with Crippen LogP contribution in [0.5, 0.6) is 5.75 Å². The van der Waals surface area contributed by atoms with E-state index in [0.29, 0.717) is 6.61 Å². The summed E-state index contributed by atoms with van der Waals surface area (Å²) in [5, 5.41) is 8.72. The van der Waals surface area contributed by atoms with Crippen LogP contribution in [0.15, 0.2) is 53.5 Å². The zero-order valence-corrected chi connectivity index (χ0v) is 11.6. The van der Waals surface area contributed by atoms with Crippen LogP contribution in [0.1, 0.15) is 12.0 Å². The molecule has 5 heteroatoms. The summed E-state index contributed by atoms with van der Waals surface area (Å²) in [6, 6.07) is 13.2. The number of nitrogens with zero attached hydrogens (tertiary/aromatic N) is 1. The maximum atomic E-state index is 11.9. The lowest BCUT2D eigenvalue weighted by Gasteiger charge is -2.08. The molecular formula is C16H17NO4. The maximum Gasteiger partial charge on any atom is 0.323 e. The lowest BCUT2D eigenvalue weighted by Crippen LogP contribution is -2.24. The van der Waals surface area contributed by atoms with E-state index in [1.807, 2.05) is 30.3 Å². The third-order valence-electron chi connectivity index (χ3n) is 3.00. The van der Waals surface area contributed by atoms with Crippen LogP contribution in [0, 0.1) is 0 Å². The summed E-state index contributed by atoms with van der Waals surface area (Å²) in [6.07, 6.45) is 3.10. The first-order chi connectivity index (χ1) is 10.2. The molecule has 2 aromatic rings. The monoisotopic (exact) mass is 287 g/mol. The molecule has 0 atom stereocenters. The second-order valence-electron chi connectivity index (χ2n) is 4.64. The minimum absolute atomic E-state index is 0.187. The number of ether oxygens (including phenoxy) is 1. The lowest BCUT2D eigenvalue weighted by molar-refractivity contribution is -0.137. The summed E-state index contributed by atoms with van der Waals surface area (Å²) in [6.45, 7) is 0.0568. The van der Waals surface area contributed by atoms with Crippen molar-refractivity contribution in [3.05, 3.63) is 64.6 Å². The van der Waals surface area contributed by atoms with Crippen LogP contribution in [0.25, 0.3) is 0 Å². The largest absolute Gasteiger partial charge is 0.488 e. The number of aromatic nitrogens is 1. The van der Waals surface area contributed by atoms with E-state index in [2.05, 4.69) is 0 Å². The van der Waals surface area contributed by atoms with Gasteiger partial charge >= 0.3 is 5.97 Å². The van der Waals surface area contributed by atoms with Crippen molar-refractivity contribution < 1.29 is 14.6 Å². The third kappa shape index (κ3) is 4.49. The normalized spacial score (nSPS) is 10.3. The molecule has 0 aliphatic heterocycles. The number of benzene rings is 1. The van der Waals surface area contributed by atoms with Gasteiger partial charge in [0.2, 0.25) is 0 Å². The van der Waals surface area contributed by atoms with Crippen molar-refractivity contribution in [2.24, 2.45) is 0 Å². The number of pyridine rings is 1. The van der Waals surface area contributed by atoms with Gasteiger partial charge in [-0.25, -0.2) is 0 Å². The molecule has 0 radical (unpaired) electrons. The molecule has 0 saturated heterocycles. The van der Waals surface area contributed by atoms with Gasteiger partial charge in [0.1, 0.15) is 6.54 Å². The Labute approximate surface area is 122 Å². The molecule has 1 heterocycles. The van der Waals surface area contributed by atoms with Crippen molar-refractivity contribution in [3.63, 3.8) is 0 Å². The van der Waals surface area contributed by atoms with Gasteiger partial charge in [0.15, 0.2) is 5.75 Å². The van der Waals surface area contributed by atoms with Gasteiger partial charge in [-0.1, -0.05) is 30.3 Å². The van der Waals surface area contributed by atoms with E-state index < -0.39 is 11.5 Å². The Morgan fingerprint density at radius 2 is 1.90 bits per heavy atom. The van der Waals surface area contributed by atoms with Crippen molar-refractivity contribution in [2.75, 3.05) is 6.61 Å². The van der Waals surface area contributed by atoms with E-state index >= 15 is 0 Å². The SMILES string of the molecule is O=C(O)Cn1cccc(OCCCc2ccccc2)c1=O. The van der Waals surface area contributed by atoms with Crippen molar-refractivity contribution in [3.8, 4) is 5.75 Å². The van der Waals surface area contributed by atoms with Crippen LogP contribution in [-0.4, -0.2) is 22.2 Å². The number of hydrogen-bond donors (Lipinski definition) is 1. The van der Waals surface area contributed by atoms with E-state index in [-0.39, 0.29) is 12.3 Å². The fourth-order valence-electron chi connectivity index (χ4n) is 2.00. The second kappa shape index (κ2) is 7.28. The van der Waals surface area contributed by atoms with Crippen molar-refractivity contribution >= 4 is 5.97 Å². The molecule has 1 aromatic carbocycles. The minimum atomic E-state index is -1.06. The topological polar surface area (TPSA) is 68.5 Å². The average molecular weight is 287 g/mol. The number of aliphatic carboxylic acids is 1. The predicted molar refractivity (Wildman–Crippen MR) is 78.6 cm³/mol. The molecule has 5 nitrogen and oxygen atoms in total. The highest BCUT2D eigenvalue weighted by Crippen LogP contribution is 2.05. The molecule has 1 N–H and O–H groups in total. The Kier molecular flexibility index (Phi) is 5.15. The van der Waals surface area contributed by atoms with Gasteiger partial charge in [0.05, 0.1) is 6.61 Å². The highest BCUT2D eigenvalue weighted by atomic mass is 16.5. The maximum absolute atomic E-state index is 11.9. The van der Waals surface area contributed by atoms with Crippen molar-refractivity contribution in [2.45, 2.75) is 19.4 Å². The van der Waals surface area contributed by atoms with Gasteiger partial charge in [-0.15, -0.1) is 0 Å². The molecule has 2 rings (SSSR count). The number of carbonyl (C=O) groups is 1. The number of carboxylic acid groups (broad SMARTS) is 1. The van der Waals surface area contributed by atoms with Crippen LogP contribution in [-0.2, 0) is 17.8 Å². The molecule has 21 heavy (non-hydrogen) atoms. The highest BCUT2D eigenvalue weighted by molar-refractivity contribution is 5.66. The average Bonchev–Trinajstić information content (AvgIpc) is 2.48. The fraction of sp³-hybridized carbons (Fsp3) is 0.250. The molecule has 110 valence electrons. The zero-order chi connectivity index (χ0) is 15.1. The quantitative estimate of drug-likeness (QED) is 0.790. The molecule has 0 saturated carbocycles. The zero-order valence-electron chi connectivity index (χ0n) is 11.6. The molecule has 0 amide bonds. The third-order valence-corrected chi connectivity index (χ3v) is 3.00. The summed E-state index contributed by atoms with van der Waals surface area (Å²) < 4.78 is 6.57. The van der Waals surface area contributed by atoms with Crippen molar-refractivity contribution in [1.29, 1.82) is 0 Å². The molecule has 0 fully saturated rings. The van der Waals surface area contributed by atoms with E-state index in [9.17, 15) is 9.59 Å². The van der Waals surface area contributed by atoms with E-state index in [4.69, 9.17) is 9.84 Å². The van der Waals surface area contributed by atoms with E-state index in [1.165, 1.54) is 11.8 Å². The molecule has 0 bridgehead atoms. The first-order valence-electron chi connectivity index (χ1n) is 6.75. The highest BCUT2D eigenvalue weighted by Gasteiger charge is 2.06. The van der Waals surface area contributed by atoms with E-state index in [0.717, 1.165) is 17.4 Å². The summed E-state index contributed by atoms with van der Waals surface area (Å²) in [5.41, 5.74) is 0.803. The van der Waals surface area contributed by atoms with Gasteiger partial charge in [-0.2, -0.15) is 0 Å². The molecule has 0 aliphatic rings. The Bertz CT molecular complexity index is 649. The summed E-state index contributed by atoms with van der Waals surface area (Å²) in [4.78, 5) is 22.6. The molecular weight excluding hydrogens is 270 g/mol. The number of aryl methyl sites for hydroxylation is 1. The lowest BCUT2D eigenvalue weighted by atomic mass is 10.1. The van der Waals surface area contributed by atoms with Crippen LogP contribution in [0.3, 0.4) is 0 Å². The fourth-order valence-corrected chi connectivity index (χ4v) is 2.00. The Morgan fingerprint density at radius 3 is 2.62 bits per heavy atom. The number of rotatable bonds is 7. The van der Waals surface area contributed by atoms with Crippen LogP contribution >= 0.6 is 0 Å². The van der Waals surface area contributed by atoms with Crippen LogP contribution < -0.4 is 10.3 Å². The summed E-state index contributed by atoms with van der Waals surface area (Å²) >= 11 is 0. The van der Waals surface area contributed by atoms with Crippen molar-refractivity contribution in [1.82, 2.24) is 4.57 Å². The number of carboxylic acids is 1. The second-order valence-corrected chi connectivity index (χ2v) is 4.64. The standard InChI is InChI=1S/C16H17NO4/c18-15(19)12-17-10-4-9-14(16(17)20)21-11-5-8-13-6-2-1-3-7-13/h1-4,6-7,9-10H,5,8,11-12H2,(H,18,19). The molecule has 0 spiro atoms. The smallest absolute Gasteiger partial charge is 0.323 e. The summed E-state index contributed by atoms with van der Waals surface area (Å²) in [5.74, 6) is -0.870. The summed E-state index contributed by atoms with van der Waals surface area (Å²) in [7, 11) is 0. The van der Waals surface area contributed by atoms with Gasteiger partial charge in [0, 0.05) is 6.20 Å². The Morgan fingerprint density at radius 1 is 1.14 bits per heavy atom. The first-order valence-corrected chi connectivity index (χ1v) is 6.75. The predicted octanol–water partition coefficient (Wildman–Crippen LogP) is 1.94.